The second kappa shape index (κ2) is 4.46. The van der Waals surface area contributed by atoms with E-state index in [1.165, 1.54) is 22.3 Å². The molecule has 2 N–H and O–H groups in total. The molecule has 0 aliphatic carbocycles. The second-order valence-corrected chi connectivity index (χ2v) is 5.06. The molecule has 0 saturated carbocycles. The van der Waals surface area contributed by atoms with Crippen LogP contribution in [0, 0.1) is 0 Å². The van der Waals surface area contributed by atoms with Crippen LogP contribution in [0.2, 0.25) is 0 Å². The number of nitrogens with zero attached hydrogens (tertiary/aromatic N) is 1. The molecule has 2 aromatic rings. The van der Waals surface area contributed by atoms with Crippen LogP contribution in [0.3, 0.4) is 0 Å². The molecule has 1 aliphatic heterocycles. The molecule has 0 amide bonds. The standard InChI is InChI=1S/C16H18N2/c1-18-8-7-15-13(11-18)9-14(17)10-16(15)12-5-3-2-4-6-12/h2-6,9-10H,7-8,11,17H2,1H3. The Bertz CT molecular complexity index is 561. The Balaban J connectivity index is 2.15. The van der Waals surface area contributed by atoms with Gasteiger partial charge in [0.2, 0.25) is 0 Å². The minimum atomic E-state index is 0.864. The van der Waals surface area contributed by atoms with Gasteiger partial charge in [0.05, 0.1) is 0 Å². The quantitative estimate of drug-likeness (QED) is 0.774. The zero-order valence-electron chi connectivity index (χ0n) is 10.7. The molecule has 92 valence electrons. The van der Waals surface area contributed by atoms with E-state index in [2.05, 4.69) is 54.4 Å². The number of benzene rings is 2. The van der Waals surface area contributed by atoms with Gasteiger partial charge in [0.25, 0.3) is 0 Å². The Hall–Kier alpha value is -1.80. The Morgan fingerprint density at radius 3 is 2.67 bits per heavy atom. The minimum Gasteiger partial charge on any atom is -0.399 e. The fraction of sp³-hybridized carbons (Fsp3) is 0.250. The molecular formula is C16H18N2. The van der Waals surface area contributed by atoms with Crippen molar-refractivity contribution in [3.63, 3.8) is 0 Å². The first-order valence-electron chi connectivity index (χ1n) is 6.39. The Kier molecular flexibility index (Phi) is 2.80. The summed E-state index contributed by atoms with van der Waals surface area (Å²) in [6, 6.07) is 14.8. The third-order valence-electron chi connectivity index (χ3n) is 3.63. The van der Waals surface area contributed by atoms with E-state index in [0.717, 1.165) is 25.2 Å². The smallest absolute Gasteiger partial charge is 0.0323 e. The summed E-state index contributed by atoms with van der Waals surface area (Å²) in [4.78, 5) is 2.34. The summed E-state index contributed by atoms with van der Waals surface area (Å²) < 4.78 is 0. The van der Waals surface area contributed by atoms with Crippen molar-refractivity contribution in [2.45, 2.75) is 13.0 Å². The lowest BCUT2D eigenvalue weighted by molar-refractivity contribution is 0.313. The molecule has 0 spiro atoms. The lowest BCUT2D eigenvalue weighted by Crippen LogP contribution is -2.27. The van der Waals surface area contributed by atoms with Crippen LogP contribution in [0.4, 0.5) is 5.69 Å². The van der Waals surface area contributed by atoms with Crippen molar-refractivity contribution >= 4 is 5.69 Å². The summed E-state index contributed by atoms with van der Waals surface area (Å²) in [6.07, 6.45) is 1.11. The molecule has 0 unspecified atom stereocenters. The summed E-state index contributed by atoms with van der Waals surface area (Å²) in [7, 11) is 2.16. The number of likely N-dealkylation sites (N-methyl/N-ethyl adjacent to an activating group) is 1. The summed E-state index contributed by atoms with van der Waals surface area (Å²) in [5.41, 5.74) is 12.3. The number of hydrogen-bond donors (Lipinski definition) is 1. The van der Waals surface area contributed by atoms with Gasteiger partial charge in [-0.05, 0) is 47.9 Å². The monoisotopic (exact) mass is 238 g/mol. The molecular weight excluding hydrogens is 220 g/mol. The molecule has 2 aromatic carbocycles. The maximum atomic E-state index is 6.05. The van der Waals surface area contributed by atoms with Gasteiger partial charge < -0.3 is 10.6 Å². The van der Waals surface area contributed by atoms with Crippen molar-refractivity contribution in [3.05, 3.63) is 53.6 Å². The lowest BCUT2D eigenvalue weighted by Gasteiger charge is -2.27. The third kappa shape index (κ3) is 2.00. The number of anilines is 1. The van der Waals surface area contributed by atoms with E-state index < -0.39 is 0 Å². The van der Waals surface area contributed by atoms with Gasteiger partial charge >= 0.3 is 0 Å². The highest BCUT2D eigenvalue weighted by atomic mass is 15.1. The minimum absolute atomic E-state index is 0.864. The number of nitrogen functional groups attached to an aromatic ring is 1. The largest absolute Gasteiger partial charge is 0.399 e. The first kappa shape index (κ1) is 11.3. The predicted molar refractivity (Wildman–Crippen MR) is 76.3 cm³/mol. The van der Waals surface area contributed by atoms with Gasteiger partial charge in [-0.2, -0.15) is 0 Å². The van der Waals surface area contributed by atoms with E-state index in [9.17, 15) is 0 Å². The Morgan fingerprint density at radius 1 is 1.11 bits per heavy atom. The van der Waals surface area contributed by atoms with Gasteiger partial charge in [0, 0.05) is 18.8 Å². The molecule has 0 saturated heterocycles. The zero-order valence-corrected chi connectivity index (χ0v) is 10.7. The van der Waals surface area contributed by atoms with E-state index in [1.54, 1.807) is 0 Å². The Morgan fingerprint density at radius 2 is 1.89 bits per heavy atom. The topological polar surface area (TPSA) is 29.3 Å². The molecule has 2 heteroatoms. The van der Waals surface area contributed by atoms with Crippen LogP contribution in [0.5, 0.6) is 0 Å². The van der Waals surface area contributed by atoms with Crippen LogP contribution in [0.15, 0.2) is 42.5 Å². The van der Waals surface area contributed by atoms with Gasteiger partial charge in [-0.15, -0.1) is 0 Å². The molecule has 0 aromatic heterocycles. The van der Waals surface area contributed by atoms with Crippen LogP contribution >= 0.6 is 0 Å². The predicted octanol–water partition coefficient (Wildman–Crippen LogP) is 2.92. The number of fused-ring (bicyclic) bond motifs is 1. The normalized spacial score (nSPS) is 15.4. The highest BCUT2D eigenvalue weighted by molar-refractivity contribution is 5.73. The van der Waals surface area contributed by atoms with Crippen molar-refractivity contribution < 1.29 is 0 Å². The molecule has 1 aliphatic rings. The summed E-state index contributed by atoms with van der Waals surface area (Å²) >= 11 is 0. The van der Waals surface area contributed by atoms with Crippen molar-refractivity contribution in [1.82, 2.24) is 4.90 Å². The van der Waals surface area contributed by atoms with Crippen LogP contribution in [-0.2, 0) is 13.0 Å². The lowest BCUT2D eigenvalue weighted by atomic mass is 9.90. The van der Waals surface area contributed by atoms with Crippen molar-refractivity contribution in [1.29, 1.82) is 0 Å². The molecule has 2 nitrogen and oxygen atoms in total. The first-order valence-corrected chi connectivity index (χ1v) is 6.39. The average Bonchev–Trinajstić information content (AvgIpc) is 2.38. The number of rotatable bonds is 1. The summed E-state index contributed by atoms with van der Waals surface area (Å²) in [6.45, 7) is 2.12. The van der Waals surface area contributed by atoms with Gasteiger partial charge in [0.1, 0.15) is 0 Å². The number of nitrogens with two attached hydrogens (primary N) is 1. The molecule has 0 bridgehead atoms. The van der Waals surface area contributed by atoms with E-state index >= 15 is 0 Å². The van der Waals surface area contributed by atoms with Crippen molar-refractivity contribution in [2.24, 2.45) is 0 Å². The maximum absolute atomic E-state index is 6.05. The van der Waals surface area contributed by atoms with Crippen LogP contribution < -0.4 is 5.73 Å². The molecule has 18 heavy (non-hydrogen) atoms. The second-order valence-electron chi connectivity index (χ2n) is 5.06. The molecule has 0 fully saturated rings. The van der Waals surface area contributed by atoms with Crippen LogP contribution in [0.1, 0.15) is 11.1 Å². The zero-order chi connectivity index (χ0) is 12.5. The maximum Gasteiger partial charge on any atom is 0.0323 e. The van der Waals surface area contributed by atoms with Crippen LogP contribution in [0.25, 0.3) is 11.1 Å². The SMILES string of the molecule is CN1CCc2c(cc(N)cc2-c2ccccc2)C1. The number of hydrogen-bond acceptors (Lipinski definition) is 2. The van der Waals surface area contributed by atoms with E-state index in [1.807, 2.05) is 0 Å². The van der Waals surface area contributed by atoms with Crippen LogP contribution in [-0.4, -0.2) is 18.5 Å². The van der Waals surface area contributed by atoms with Crippen molar-refractivity contribution in [2.75, 3.05) is 19.3 Å². The third-order valence-corrected chi connectivity index (χ3v) is 3.63. The Labute approximate surface area is 108 Å². The summed E-state index contributed by atoms with van der Waals surface area (Å²) in [5.74, 6) is 0. The molecule has 0 radical (unpaired) electrons. The highest BCUT2D eigenvalue weighted by Gasteiger charge is 2.17. The molecule has 3 rings (SSSR count). The van der Waals surface area contributed by atoms with E-state index in [-0.39, 0.29) is 0 Å². The fourth-order valence-corrected chi connectivity index (χ4v) is 2.74. The fourth-order valence-electron chi connectivity index (χ4n) is 2.74. The van der Waals surface area contributed by atoms with Gasteiger partial charge in [0.15, 0.2) is 0 Å². The van der Waals surface area contributed by atoms with Gasteiger partial charge in [-0.3, -0.25) is 0 Å². The van der Waals surface area contributed by atoms with E-state index in [0.29, 0.717) is 0 Å². The van der Waals surface area contributed by atoms with Crippen molar-refractivity contribution in [3.8, 4) is 11.1 Å². The highest BCUT2D eigenvalue weighted by Crippen LogP contribution is 2.32. The molecule has 1 heterocycles. The first-order chi connectivity index (χ1) is 8.74. The average molecular weight is 238 g/mol. The summed E-state index contributed by atoms with van der Waals surface area (Å²) in [5, 5.41) is 0. The van der Waals surface area contributed by atoms with E-state index in [4.69, 9.17) is 5.73 Å². The van der Waals surface area contributed by atoms with Gasteiger partial charge in [-0.25, -0.2) is 0 Å². The van der Waals surface area contributed by atoms with Gasteiger partial charge in [-0.1, -0.05) is 30.3 Å². The molecule has 0 atom stereocenters.